The van der Waals surface area contributed by atoms with Crippen LogP contribution >= 0.6 is 0 Å². The lowest BCUT2D eigenvalue weighted by Gasteiger charge is -2.37. The molecule has 1 aliphatic carbocycles. The Morgan fingerprint density at radius 3 is 2.19 bits per heavy atom. The van der Waals surface area contributed by atoms with Crippen LogP contribution in [-0.4, -0.2) is 19.3 Å². The molecule has 0 radical (unpaired) electrons. The van der Waals surface area contributed by atoms with E-state index in [1.54, 1.807) is 0 Å². The van der Waals surface area contributed by atoms with Gasteiger partial charge in [-0.15, -0.1) is 0 Å². The zero-order valence-corrected chi connectivity index (χ0v) is 13.6. The van der Waals surface area contributed by atoms with Crippen molar-refractivity contribution in [2.75, 3.05) is 13.2 Å². The maximum atomic E-state index is 5.71. The predicted octanol–water partition coefficient (Wildman–Crippen LogP) is 4.78. The molecule has 0 N–H and O–H groups in total. The van der Waals surface area contributed by atoms with Gasteiger partial charge in [-0.05, 0) is 60.6 Å². The molecule has 2 aliphatic rings. The van der Waals surface area contributed by atoms with E-state index in [2.05, 4.69) is 45.0 Å². The average molecular weight is 288 g/mol. The van der Waals surface area contributed by atoms with Crippen LogP contribution in [0.3, 0.4) is 0 Å². The van der Waals surface area contributed by atoms with E-state index in [0.29, 0.717) is 18.1 Å². The Morgan fingerprint density at radius 1 is 1.05 bits per heavy atom. The molecule has 0 amide bonds. The van der Waals surface area contributed by atoms with Gasteiger partial charge in [0.2, 0.25) is 0 Å². The average Bonchev–Trinajstić information content (AvgIpc) is 3.29. The summed E-state index contributed by atoms with van der Waals surface area (Å²) in [4.78, 5) is 0. The lowest BCUT2D eigenvalue weighted by atomic mass is 9.69. The molecule has 2 nitrogen and oxygen atoms in total. The first-order valence-electron chi connectivity index (χ1n) is 8.37. The van der Waals surface area contributed by atoms with Gasteiger partial charge in [0.15, 0.2) is 0 Å². The molecule has 1 atom stereocenters. The first-order chi connectivity index (χ1) is 10.0. The van der Waals surface area contributed by atoms with Crippen molar-refractivity contribution < 1.29 is 9.47 Å². The molecule has 2 heteroatoms. The van der Waals surface area contributed by atoms with Crippen LogP contribution in [0.4, 0.5) is 0 Å². The normalized spacial score (nSPS) is 29.2. The van der Waals surface area contributed by atoms with E-state index in [4.69, 9.17) is 9.47 Å². The fourth-order valence-corrected chi connectivity index (χ4v) is 3.48. The first kappa shape index (κ1) is 14.9. The summed E-state index contributed by atoms with van der Waals surface area (Å²) in [6, 6.07) is 8.75. The number of epoxide rings is 1. The molecule has 2 fully saturated rings. The first-order valence-corrected chi connectivity index (χ1v) is 8.37. The van der Waals surface area contributed by atoms with Crippen molar-refractivity contribution in [1.29, 1.82) is 0 Å². The Bertz CT molecular complexity index is 445. The van der Waals surface area contributed by atoms with Crippen LogP contribution in [0.5, 0.6) is 5.75 Å². The van der Waals surface area contributed by atoms with Gasteiger partial charge in [-0.1, -0.05) is 32.9 Å². The van der Waals surface area contributed by atoms with Crippen molar-refractivity contribution >= 4 is 0 Å². The Morgan fingerprint density at radius 2 is 1.67 bits per heavy atom. The third kappa shape index (κ3) is 4.00. The second kappa shape index (κ2) is 6.00. The van der Waals surface area contributed by atoms with Gasteiger partial charge in [0.1, 0.15) is 18.5 Å². The van der Waals surface area contributed by atoms with Crippen LogP contribution in [0, 0.1) is 11.3 Å². The Hall–Kier alpha value is -1.02. The van der Waals surface area contributed by atoms with Gasteiger partial charge < -0.3 is 9.47 Å². The van der Waals surface area contributed by atoms with Gasteiger partial charge >= 0.3 is 0 Å². The molecule has 0 bridgehead atoms. The molecule has 0 aromatic heterocycles. The summed E-state index contributed by atoms with van der Waals surface area (Å²) >= 11 is 0. The molecular formula is C19H28O2. The van der Waals surface area contributed by atoms with Crippen LogP contribution in [0.1, 0.15) is 57.9 Å². The van der Waals surface area contributed by atoms with E-state index in [1.807, 2.05) is 0 Å². The third-order valence-electron chi connectivity index (χ3n) is 5.14. The minimum Gasteiger partial charge on any atom is -0.491 e. The summed E-state index contributed by atoms with van der Waals surface area (Å²) in [7, 11) is 0. The van der Waals surface area contributed by atoms with Crippen molar-refractivity contribution in [2.24, 2.45) is 11.3 Å². The predicted molar refractivity (Wildman–Crippen MR) is 85.8 cm³/mol. The molecule has 1 saturated heterocycles. The van der Waals surface area contributed by atoms with Gasteiger partial charge in [-0.25, -0.2) is 0 Å². The highest BCUT2D eigenvalue weighted by Gasteiger charge is 2.30. The van der Waals surface area contributed by atoms with E-state index in [0.717, 1.165) is 24.2 Å². The standard InChI is InChI=1S/C19H28O2/c1-19(2,3)16-8-4-14(5-9-16)15-6-10-17(11-7-15)20-12-18-13-21-18/h6-7,10-11,14,16,18H,4-5,8-9,12-13H2,1-3H3. The van der Waals surface area contributed by atoms with Gasteiger partial charge in [0.05, 0.1) is 6.61 Å². The van der Waals surface area contributed by atoms with Crippen molar-refractivity contribution in [2.45, 2.75) is 58.5 Å². The molecular weight excluding hydrogens is 260 g/mol. The smallest absolute Gasteiger partial charge is 0.119 e. The molecule has 0 spiro atoms. The summed E-state index contributed by atoms with van der Waals surface area (Å²) in [6.45, 7) is 8.69. The van der Waals surface area contributed by atoms with Crippen molar-refractivity contribution in [3.8, 4) is 5.75 Å². The van der Waals surface area contributed by atoms with Gasteiger partial charge in [-0.3, -0.25) is 0 Å². The highest BCUT2D eigenvalue weighted by Crippen LogP contribution is 2.43. The SMILES string of the molecule is CC(C)(C)C1CCC(c2ccc(OCC3CO3)cc2)CC1. The van der Waals surface area contributed by atoms with Gasteiger partial charge in [-0.2, -0.15) is 0 Å². The largest absolute Gasteiger partial charge is 0.491 e. The quantitative estimate of drug-likeness (QED) is 0.743. The van der Waals surface area contributed by atoms with E-state index < -0.39 is 0 Å². The Balaban J connectivity index is 1.52. The topological polar surface area (TPSA) is 21.8 Å². The monoisotopic (exact) mass is 288 g/mol. The molecule has 1 aromatic carbocycles. The number of ether oxygens (including phenoxy) is 2. The highest BCUT2D eigenvalue weighted by molar-refractivity contribution is 5.29. The zero-order chi connectivity index (χ0) is 14.9. The molecule has 1 aliphatic heterocycles. The molecule has 116 valence electrons. The van der Waals surface area contributed by atoms with Gasteiger partial charge in [0.25, 0.3) is 0 Å². The second-order valence-corrected chi connectivity index (χ2v) is 7.75. The summed E-state index contributed by atoms with van der Waals surface area (Å²) in [5, 5.41) is 0. The number of hydrogen-bond acceptors (Lipinski definition) is 2. The zero-order valence-electron chi connectivity index (χ0n) is 13.6. The molecule has 1 aromatic rings. The van der Waals surface area contributed by atoms with E-state index in [-0.39, 0.29) is 0 Å². The maximum absolute atomic E-state index is 5.71. The van der Waals surface area contributed by atoms with Gasteiger partial charge in [0, 0.05) is 0 Å². The summed E-state index contributed by atoms with van der Waals surface area (Å²) < 4.78 is 10.9. The Labute approximate surface area is 128 Å². The number of rotatable bonds is 4. The highest BCUT2D eigenvalue weighted by atomic mass is 16.6. The third-order valence-corrected chi connectivity index (χ3v) is 5.14. The van der Waals surface area contributed by atoms with Crippen molar-refractivity contribution in [3.63, 3.8) is 0 Å². The summed E-state index contributed by atoms with van der Waals surface area (Å²) in [6.07, 6.45) is 5.73. The minimum atomic E-state index is 0.331. The Kier molecular flexibility index (Phi) is 4.26. The maximum Gasteiger partial charge on any atom is 0.119 e. The fraction of sp³-hybridized carbons (Fsp3) is 0.684. The minimum absolute atomic E-state index is 0.331. The van der Waals surface area contributed by atoms with Crippen LogP contribution < -0.4 is 4.74 Å². The van der Waals surface area contributed by atoms with E-state index >= 15 is 0 Å². The molecule has 1 heterocycles. The van der Waals surface area contributed by atoms with Crippen LogP contribution in [0.15, 0.2) is 24.3 Å². The number of benzene rings is 1. The number of hydrogen-bond donors (Lipinski definition) is 0. The van der Waals surface area contributed by atoms with Crippen molar-refractivity contribution in [1.82, 2.24) is 0 Å². The van der Waals surface area contributed by atoms with Crippen molar-refractivity contribution in [3.05, 3.63) is 29.8 Å². The fourth-order valence-electron chi connectivity index (χ4n) is 3.48. The molecule has 3 rings (SSSR count). The lowest BCUT2D eigenvalue weighted by molar-refractivity contribution is 0.169. The van der Waals surface area contributed by atoms with Crippen LogP contribution in [0.2, 0.25) is 0 Å². The van der Waals surface area contributed by atoms with Crippen LogP contribution in [-0.2, 0) is 4.74 Å². The lowest BCUT2D eigenvalue weighted by Crippen LogP contribution is -2.25. The van der Waals surface area contributed by atoms with Crippen LogP contribution in [0.25, 0.3) is 0 Å². The summed E-state index contributed by atoms with van der Waals surface area (Å²) in [5.74, 6) is 2.59. The summed E-state index contributed by atoms with van der Waals surface area (Å²) in [5.41, 5.74) is 1.95. The molecule has 1 unspecified atom stereocenters. The molecule has 21 heavy (non-hydrogen) atoms. The second-order valence-electron chi connectivity index (χ2n) is 7.75. The molecule has 1 saturated carbocycles. The van der Waals surface area contributed by atoms with E-state index in [9.17, 15) is 0 Å². The van der Waals surface area contributed by atoms with E-state index in [1.165, 1.54) is 31.2 Å².